The van der Waals surface area contributed by atoms with Gasteiger partial charge in [0.1, 0.15) is 0 Å². The molecule has 0 amide bonds. The van der Waals surface area contributed by atoms with Crippen molar-refractivity contribution in [3.8, 4) is 0 Å². The summed E-state index contributed by atoms with van der Waals surface area (Å²) >= 11 is 10.5. The van der Waals surface area contributed by atoms with Gasteiger partial charge in [0.2, 0.25) is 0 Å². The van der Waals surface area contributed by atoms with E-state index in [-0.39, 0.29) is 0 Å². The van der Waals surface area contributed by atoms with Crippen LogP contribution in [0.2, 0.25) is 0 Å². The van der Waals surface area contributed by atoms with Crippen LogP contribution in [0.3, 0.4) is 0 Å². The van der Waals surface area contributed by atoms with Crippen LogP contribution in [0.1, 0.15) is 48.5 Å². The normalized spacial score (nSPS) is 13.4. The van der Waals surface area contributed by atoms with Gasteiger partial charge >= 0.3 is 0 Å². The molecule has 29 heavy (non-hydrogen) atoms. The molecule has 0 aliphatic heterocycles. The Bertz CT molecular complexity index is 542. The summed E-state index contributed by atoms with van der Waals surface area (Å²) in [6, 6.07) is 0.401. The summed E-state index contributed by atoms with van der Waals surface area (Å²) in [5, 5.41) is 15.9. The van der Waals surface area contributed by atoms with Gasteiger partial charge in [0.15, 0.2) is 10.2 Å². The van der Waals surface area contributed by atoms with Crippen molar-refractivity contribution in [1.29, 1.82) is 0 Å². The highest BCUT2D eigenvalue weighted by Crippen LogP contribution is 1.96. The van der Waals surface area contributed by atoms with Crippen molar-refractivity contribution >= 4 is 46.1 Å². The summed E-state index contributed by atoms with van der Waals surface area (Å²) in [5.74, 6) is 0. The molecule has 1 atom stereocenters. The lowest BCUT2D eigenvalue weighted by atomic mass is 10.3. The lowest BCUT2D eigenvalue weighted by Gasteiger charge is -2.26. The Hall–Kier alpha value is -1.36. The second-order valence-corrected chi connectivity index (χ2v) is 7.50. The summed E-state index contributed by atoms with van der Waals surface area (Å²) in [5.41, 5.74) is 7.17. The lowest BCUT2D eigenvalue weighted by molar-refractivity contribution is 0.232. The monoisotopic (exact) mass is 444 g/mol. The van der Waals surface area contributed by atoms with E-state index in [0.29, 0.717) is 16.3 Å². The zero-order valence-electron chi connectivity index (χ0n) is 19.1. The van der Waals surface area contributed by atoms with E-state index in [1.807, 2.05) is 13.8 Å². The summed E-state index contributed by atoms with van der Waals surface area (Å²) < 4.78 is 0. The second kappa shape index (κ2) is 16.4. The minimum atomic E-state index is 0.401. The first kappa shape index (κ1) is 27.6. The number of likely N-dealkylation sites (N-methyl/N-ethyl adjacent to an activating group) is 2. The molecule has 0 rings (SSSR count). The zero-order chi connectivity index (χ0) is 22.2. The van der Waals surface area contributed by atoms with Crippen LogP contribution in [0.5, 0.6) is 0 Å². The molecule has 0 bridgehead atoms. The summed E-state index contributed by atoms with van der Waals surface area (Å²) in [4.78, 5) is 4.69. The molecular formula is C19H40N8S2. The van der Waals surface area contributed by atoms with Crippen molar-refractivity contribution < 1.29 is 0 Å². The van der Waals surface area contributed by atoms with E-state index < -0.39 is 0 Å². The molecule has 0 aromatic rings. The van der Waals surface area contributed by atoms with Gasteiger partial charge in [0.05, 0.1) is 11.4 Å². The van der Waals surface area contributed by atoms with Crippen LogP contribution in [-0.4, -0.2) is 83.3 Å². The highest BCUT2D eigenvalue weighted by Gasteiger charge is 2.09. The van der Waals surface area contributed by atoms with E-state index in [1.165, 1.54) is 0 Å². The smallest absolute Gasteiger partial charge is 0.187 e. The van der Waals surface area contributed by atoms with E-state index in [1.54, 1.807) is 0 Å². The molecule has 0 radical (unpaired) electrons. The van der Waals surface area contributed by atoms with Crippen molar-refractivity contribution in [2.24, 2.45) is 10.2 Å². The van der Waals surface area contributed by atoms with Crippen LogP contribution < -0.4 is 21.5 Å². The maximum atomic E-state index is 5.29. The lowest BCUT2D eigenvalue weighted by Crippen LogP contribution is -2.44. The summed E-state index contributed by atoms with van der Waals surface area (Å²) in [7, 11) is 0. The maximum Gasteiger partial charge on any atom is 0.187 e. The topological polar surface area (TPSA) is 79.3 Å². The van der Waals surface area contributed by atoms with Gasteiger partial charge in [-0.3, -0.25) is 15.8 Å². The fourth-order valence-corrected chi connectivity index (χ4v) is 2.87. The highest BCUT2D eigenvalue weighted by molar-refractivity contribution is 7.80. The number of hydrogen-bond donors (Lipinski definition) is 4. The molecule has 0 saturated carbocycles. The fraction of sp³-hybridized carbons (Fsp3) is 0.789. The third-order valence-corrected chi connectivity index (χ3v) is 5.25. The first-order valence-corrected chi connectivity index (χ1v) is 11.2. The van der Waals surface area contributed by atoms with Crippen molar-refractivity contribution in [3.05, 3.63) is 0 Å². The highest BCUT2D eigenvalue weighted by atomic mass is 32.1. The maximum absolute atomic E-state index is 5.29. The molecule has 0 aliphatic carbocycles. The van der Waals surface area contributed by atoms with Crippen molar-refractivity contribution in [2.75, 3.05) is 45.8 Å². The molecule has 168 valence electrons. The number of thiocarbonyl (C=S) groups is 2. The molecule has 0 fully saturated rings. The van der Waals surface area contributed by atoms with Gasteiger partial charge in [0, 0.05) is 25.7 Å². The number of nitrogens with zero attached hydrogens (tertiary/aromatic N) is 4. The molecule has 0 aromatic carbocycles. The van der Waals surface area contributed by atoms with Crippen LogP contribution >= 0.6 is 24.4 Å². The van der Waals surface area contributed by atoms with Gasteiger partial charge in [-0.2, -0.15) is 10.2 Å². The Balaban J connectivity index is 4.31. The first-order valence-electron chi connectivity index (χ1n) is 10.4. The molecule has 4 N–H and O–H groups in total. The molecule has 10 heteroatoms. The Morgan fingerprint density at radius 3 is 1.76 bits per heavy atom. The van der Waals surface area contributed by atoms with E-state index in [4.69, 9.17) is 24.4 Å². The SMILES string of the molecule is CCN(CC)CCNC(=S)N/N=C(C)/C(C)=N/NC(=S)NCC(C)N(CC)CC. The van der Waals surface area contributed by atoms with E-state index in [0.717, 1.165) is 57.2 Å². The molecule has 8 nitrogen and oxygen atoms in total. The van der Waals surface area contributed by atoms with Crippen molar-refractivity contribution in [1.82, 2.24) is 31.3 Å². The fourth-order valence-electron chi connectivity index (χ4n) is 2.59. The van der Waals surface area contributed by atoms with E-state index in [9.17, 15) is 0 Å². The minimum absolute atomic E-state index is 0.401. The van der Waals surface area contributed by atoms with Gasteiger partial charge in [0.25, 0.3) is 0 Å². The molecule has 0 heterocycles. The van der Waals surface area contributed by atoms with Gasteiger partial charge < -0.3 is 15.5 Å². The van der Waals surface area contributed by atoms with Gasteiger partial charge in [-0.05, 0) is 71.4 Å². The van der Waals surface area contributed by atoms with Crippen molar-refractivity contribution in [3.63, 3.8) is 0 Å². The molecular weight excluding hydrogens is 404 g/mol. The minimum Gasteiger partial charge on any atom is -0.360 e. The zero-order valence-corrected chi connectivity index (χ0v) is 20.8. The second-order valence-electron chi connectivity index (χ2n) is 6.68. The van der Waals surface area contributed by atoms with Crippen LogP contribution in [0.25, 0.3) is 0 Å². The Kier molecular flexibility index (Phi) is 15.7. The number of hydrazone groups is 2. The summed E-state index contributed by atoms with van der Waals surface area (Å²) in [6.07, 6.45) is 0. The Labute approximate surface area is 187 Å². The van der Waals surface area contributed by atoms with E-state index >= 15 is 0 Å². The summed E-state index contributed by atoms with van der Waals surface area (Å²) in [6.45, 7) is 21.1. The Morgan fingerprint density at radius 2 is 1.31 bits per heavy atom. The molecule has 0 spiro atoms. The van der Waals surface area contributed by atoms with Crippen LogP contribution in [0.15, 0.2) is 10.2 Å². The Morgan fingerprint density at radius 1 is 0.828 bits per heavy atom. The average molecular weight is 445 g/mol. The predicted molar refractivity (Wildman–Crippen MR) is 134 cm³/mol. The third-order valence-electron chi connectivity index (χ3n) is 4.78. The number of hydrogen-bond acceptors (Lipinski definition) is 6. The van der Waals surface area contributed by atoms with E-state index in [2.05, 4.69) is 76.1 Å². The largest absolute Gasteiger partial charge is 0.360 e. The first-order chi connectivity index (χ1) is 13.8. The standard InChI is InChI=1S/C19H40N8S2/c1-8-26(9-2)13-12-20-18(28)24-22-16(6)17(7)23-25-19(29)21-14-15(5)27(10-3)11-4/h15H,8-14H2,1-7H3,(H2,20,24,28)(H2,21,25,29)/b22-16+,23-17+. The number of rotatable bonds is 13. The van der Waals surface area contributed by atoms with Crippen molar-refractivity contribution in [2.45, 2.75) is 54.5 Å². The number of nitrogens with one attached hydrogen (secondary N) is 4. The third kappa shape index (κ3) is 12.7. The quantitative estimate of drug-likeness (QED) is 0.194. The van der Waals surface area contributed by atoms with Gasteiger partial charge in [-0.1, -0.05) is 27.7 Å². The van der Waals surface area contributed by atoms with Crippen LogP contribution in [0.4, 0.5) is 0 Å². The predicted octanol–water partition coefficient (Wildman–Crippen LogP) is 1.74. The van der Waals surface area contributed by atoms with Crippen LogP contribution in [0, 0.1) is 0 Å². The van der Waals surface area contributed by atoms with Crippen LogP contribution in [-0.2, 0) is 0 Å². The average Bonchev–Trinajstić information content (AvgIpc) is 2.72. The molecule has 0 aromatic heterocycles. The molecule has 0 saturated heterocycles. The van der Waals surface area contributed by atoms with Gasteiger partial charge in [-0.25, -0.2) is 0 Å². The molecule has 0 aliphatic rings. The molecule has 1 unspecified atom stereocenters. The van der Waals surface area contributed by atoms with Gasteiger partial charge in [-0.15, -0.1) is 0 Å².